The van der Waals surface area contributed by atoms with Crippen molar-refractivity contribution < 1.29 is 8.78 Å². The van der Waals surface area contributed by atoms with Gasteiger partial charge in [-0.3, -0.25) is 4.90 Å². The van der Waals surface area contributed by atoms with Crippen LogP contribution in [0.2, 0.25) is 0 Å². The molecule has 2 nitrogen and oxygen atoms in total. The molecule has 1 heterocycles. The van der Waals surface area contributed by atoms with Crippen molar-refractivity contribution in [3.8, 4) is 0 Å². The van der Waals surface area contributed by atoms with E-state index in [1.54, 1.807) is 0 Å². The number of benzene rings is 1. The predicted molar refractivity (Wildman–Crippen MR) is 80.0 cm³/mol. The molecular weight excluding hydrogens is 270 g/mol. The van der Waals surface area contributed by atoms with Gasteiger partial charge in [0, 0.05) is 30.7 Å². The number of nitrogens with one attached hydrogen (secondary N) is 1. The van der Waals surface area contributed by atoms with E-state index < -0.39 is 11.6 Å². The van der Waals surface area contributed by atoms with E-state index in [1.807, 2.05) is 0 Å². The van der Waals surface area contributed by atoms with Gasteiger partial charge in [-0.2, -0.15) is 0 Å². The van der Waals surface area contributed by atoms with Gasteiger partial charge in [-0.25, -0.2) is 8.78 Å². The molecule has 2 fully saturated rings. The Morgan fingerprint density at radius 1 is 1.19 bits per heavy atom. The van der Waals surface area contributed by atoms with Gasteiger partial charge in [-0.15, -0.1) is 0 Å². The summed E-state index contributed by atoms with van der Waals surface area (Å²) < 4.78 is 26.8. The maximum atomic E-state index is 13.4. The summed E-state index contributed by atoms with van der Waals surface area (Å²) in [4.78, 5) is 2.37. The van der Waals surface area contributed by atoms with E-state index in [4.69, 9.17) is 0 Å². The molecule has 1 saturated heterocycles. The summed E-state index contributed by atoms with van der Waals surface area (Å²) in [5.41, 5.74) is 0.857. The normalized spacial score (nSPS) is 31.1. The van der Waals surface area contributed by atoms with E-state index in [-0.39, 0.29) is 5.54 Å². The molecular formula is C17H24F2N2. The van der Waals surface area contributed by atoms with Crippen LogP contribution in [-0.4, -0.2) is 29.6 Å². The van der Waals surface area contributed by atoms with Crippen LogP contribution in [0.15, 0.2) is 18.2 Å². The molecule has 21 heavy (non-hydrogen) atoms. The maximum Gasteiger partial charge on any atom is 0.126 e. The van der Waals surface area contributed by atoms with Crippen molar-refractivity contribution in [1.29, 1.82) is 0 Å². The zero-order valence-corrected chi connectivity index (χ0v) is 12.8. The summed E-state index contributed by atoms with van der Waals surface area (Å²) in [5, 5.41) is 3.70. The standard InChI is InChI=1S/C17H24F2N2/c1-12-5-6-20-17(2,14-3-4-14)11-21(12)10-13-7-15(18)9-16(19)8-13/h7-9,12,14,20H,3-6,10-11H2,1-2H3. The summed E-state index contributed by atoms with van der Waals surface area (Å²) in [7, 11) is 0. The Kier molecular flexibility index (Phi) is 4.02. The van der Waals surface area contributed by atoms with Crippen molar-refractivity contribution >= 4 is 0 Å². The second-order valence-corrected chi connectivity index (χ2v) is 6.94. The molecule has 1 aliphatic carbocycles. The van der Waals surface area contributed by atoms with Gasteiger partial charge in [0.2, 0.25) is 0 Å². The minimum Gasteiger partial charge on any atom is -0.310 e. The molecule has 0 bridgehead atoms. The number of hydrogen-bond donors (Lipinski definition) is 1. The molecule has 2 aliphatic rings. The van der Waals surface area contributed by atoms with Gasteiger partial charge >= 0.3 is 0 Å². The van der Waals surface area contributed by atoms with E-state index in [2.05, 4.69) is 24.1 Å². The third-order valence-electron chi connectivity index (χ3n) is 5.03. The van der Waals surface area contributed by atoms with Gasteiger partial charge in [-0.1, -0.05) is 0 Å². The fraction of sp³-hybridized carbons (Fsp3) is 0.647. The quantitative estimate of drug-likeness (QED) is 0.920. The molecule has 1 N–H and O–H groups in total. The van der Waals surface area contributed by atoms with Crippen molar-refractivity contribution in [2.45, 2.75) is 51.2 Å². The predicted octanol–water partition coefficient (Wildman–Crippen LogP) is 3.32. The van der Waals surface area contributed by atoms with Crippen LogP contribution >= 0.6 is 0 Å². The highest BCUT2D eigenvalue weighted by Gasteiger charge is 2.43. The van der Waals surface area contributed by atoms with E-state index >= 15 is 0 Å². The van der Waals surface area contributed by atoms with E-state index in [0.29, 0.717) is 12.6 Å². The second kappa shape index (κ2) is 5.65. The zero-order valence-electron chi connectivity index (χ0n) is 12.8. The summed E-state index contributed by atoms with van der Waals surface area (Å²) in [6.07, 6.45) is 3.65. The number of rotatable bonds is 3. The summed E-state index contributed by atoms with van der Waals surface area (Å²) in [6.45, 7) is 7.07. The Labute approximate surface area is 125 Å². The van der Waals surface area contributed by atoms with Crippen LogP contribution in [-0.2, 0) is 6.54 Å². The topological polar surface area (TPSA) is 15.3 Å². The summed E-state index contributed by atoms with van der Waals surface area (Å²) >= 11 is 0. The first-order valence-electron chi connectivity index (χ1n) is 7.90. The molecule has 116 valence electrons. The lowest BCUT2D eigenvalue weighted by atomic mass is 9.95. The van der Waals surface area contributed by atoms with Crippen molar-refractivity contribution in [2.24, 2.45) is 5.92 Å². The number of nitrogens with zero attached hydrogens (tertiary/aromatic N) is 1. The highest BCUT2D eigenvalue weighted by atomic mass is 19.1. The fourth-order valence-corrected chi connectivity index (χ4v) is 3.53. The van der Waals surface area contributed by atoms with Crippen molar-refractivity contribution in [3.05, 3.63) is 35.4 Å². The number of halogens is 2. The van der Waals surface area contributed by atoms with Crippen LogP contribution in [0.3, 0.4) is 0 Å². The van der Waals surface area contributed by atoms with Crippen molar-refractivity contribution in [2.75, 3.05) is 13.1 Å². The lowest BCUT2D eigenvalue weighted by Gasteiger charge is -2.36. The second-order valence-electron chi connectivity index (χ2n) is 6.94. The van der Waals surface area contributed by atoms with Gasteiger partial charge in [0.1, 0.15) is 11.6 Å². The molecule has 3 rings (SSSR count). The Balaban J connectivity index is 1.77. The first-order chi connectivity index (χ1) is 9.96. The molecule has 2 unspecified atom stereocenters. The third kappa shape index (κ3) is 3.43. The SMILES string of the molecule is CC1CCNC(C)(C2CC2)CN1Cc1cc(F)cc(F)c1. The van der Waals surface area contributed by atoms with Crippen LogP contribution in [0, 0.1) is 17.6 Å². The van der Waals surface area contributed by atoms with Gasteiger partial charge in [-0.05, 0) is 63.3 Å². The summed E-state index contributed by atoms with van der Waals surface area (Å²) in [6, 6.07) is 4.25. The molecule has 1 aromatic carbocycles. The Hall–Kier alpha value is -1.00. The first kappa shape index (κ1) is 14.9. The minimum atomic E-state index is -0.490. The van der Waals surface area contributed by atoms with E-state index in [0.717, 1.165) is 37.1 Å². The fourth-order valence-electron chi connectivity index (χ4n) is 3.53. The van der Waals surface area contributed by atoms with Crippen LogP contribution in [0.4, 0.5) is 8.78 Å². The minimum absolute atomic E-state index is 0.136. The van der Waals surface area contributed by atoms with Crippen LogP contribution < -0.4 is 5.32 Å². The van der Waals surface area contributed by atoms with E-state index in [1.165, 1.54) is 25.0 Å². The van der Waals surface area contributed by atoms with E-state index in [9.17, 15) is 8.78 Å². The highest BCUT2D eigenvalue weighted by Crippen LogP contribution is 2.41. The van der Waals surface area contributed by atoms with Gasteiger partial charge in [0.25, 0.3) is 0 Å². The summed E-state index contributed by atoms with van der Waals surface area (Å²) in [5.74, 6) is -0.236. The smallest absolute Gasteiger partial charge is 0.126 e. The van der Waals surface area contributed by atoms with Gasteiger partial charge in [0.15, 0.2) is 0 Å². The highest BCUT2D eigenvalue weighted by molar-refractivity contribution is 5.18. The lowest BCUT2D eigenvalue weighted by molar-refractivity contribution is 0.154. The Morgan fingerprint density at radius 3 is 2.48 bits per heavy atom. The average molecular weight is 294 g/mol. The monoisotopic (exact) mass is 294 g/mol. The lowest BCUT2D eigenvalue weighted by Crippen LogP contribution is -2.51. The van der Waals surface area contributed by atoms with Gasteiger partial charge in [0.05, 0.1) is 0 Å². The molecule has 4 heteroatoms. The molecule has 1 saturated carbocycles. The Morgan fingerprint density at radius 2 is 1.86 bits per heavy atom. The molecule has 1 aliphatic heterocycles. The zero-order chi connectivity index (χ0) is 15.0. The molecule has 0 radical (unpaired) electrons. The van der Waals surface area contributed by atoms with Crippen LogP contribution in [0.25, 0.3) is 0 Å². The largest absolute Gasteiger partial charge is 0.310 e. The van der Waals surface area contributed by atoms with Crippen LogP contribution in [0.5, 0.6) is 0 Å². The molecule has 2 atom stereocenters. The molecule has 0 spiro atoms. The van der Waals surface area contributed by atoms with Crippen molar-refractivity contribution in [3.63, 3.8) is 0 Å². The van der Waals surface area contributed by atoms with Crippen LogP contribution in [0.1, 0.15) is 38.7 Å². The maximum absolute atomic E-state index is 13.4. The molecule has 0 amide bonds. The molecule has 0 aromatic heterocycles. The molecule has 1 aromatic rings. The average Bonchev–Trinajstić information content (AvgIpc) is 3.20. The number of hydrogen-bond acceptors (Lipinski definition) is 2. The first-order valence-corrected chi connectivity index (χ1v) is 7.90. The van der Waals surface area contributed by atoms with Crippen molar-refractivity contribution in [1.82, 2.24) is 10.2 Å². The Bertz CT molecular complexity index is 495. The van der Waals surface area contributed by atoms with Gasteiger partial charge < -0.3 is 5.32 Å². The third-order valence-corrected chi connectivity index (χ3v) is 5.03.